The minimum absolute atomic E-state index is 0.108. The topological polar surface area (TPSA) is 94.1 Å². The molecule has 0 saturated carbocycles. The first-order valence-electron chi connectivity index (χ1n) is 8.88. The summed E-state index contributed by atoms with van der Waals surface area (Å²) in [6.45, 7) is 2.21. The van der Waals surface area contributed by atoms with Gasteiger partial charge in [0.15, 0.2) is 17.1 Å². The highest BCUT2D eigenvalue weighted by Crippen LogP contribution is 2.34. The molecule has 140 valence electrons. The van der Waals surface area contributed by atoms with Crippen molar-refractivity contribution in [1.82, 2.24) is 19.7 Å². The molecule has 2 aromatic carbocycles. The molecule has 0 fully saturated rings. The normalized spacial score (nSPS) is 13.6. The van der Waals surface area contributed by atoms with Crippen molar-refractivity contribution in [3.63, 3.8) is 0 Å². The van der Waals surface area contributed by atoms with Gasteiger partial charge >= 0.3 is 0 Å². The van der Waals surface area contributed by atoms with E-state index < -0.39 is 0 Å². The largest absolute Gasteiger partial charge is 0.454 e. The molecule has 2 aromatic heterocycles. The quantitative estimate of drug-likeness (QED) is 0.569. The lowest BCUT2D eigenvalue weighted by Gasteiger charge is -2.15. The molecule has 5 rings (SSSR count). The molecule has 3 heterocycles. The van der Waals surface area contributed by atoms with E-state index in [0.717, 1.165) is 17.0 Å². The van der Waals surface area contributed by atoms with Gasteiger partial charge in [0.1, 0.15) is 5.39 Å². The Hall–Kier alpha value is -3.81. The number of H-pyrrole nitrogens is 1. The molecule has 1 atom stereocenters. The Labute approximate surface area is 159 Å². The Morgan fingerprint density at radius 3 is 2.82 bits per heavy atom. The molecule has 0 amide bonds. The predicted octanol–water partition coefficient (Wildman–Crippen LogP) is 3.01. The molecule has 1 aliphatic heterocycles. The van der Waals surface area contributed by atoms with Gasteiger partial charge in [-0.2, -0.15) is 10.1 Å². The van der Waals surface area contributed by atoms with Gasteiger partial charge in [-0.05, 0) is 36.8 Å². The molecule has 4 aromatic rings. The first-order valence-corrected chi connectivity index (χ1v) is 8.88. The molecule has 0 saturated heterocycles. The van der Waals surface area contributed by atoms with E-state index in [-0.39, 0.29) is 18.4 Å². The molecule has 0 radical (unpaired) electrons. The summed E-state index contributed by atoms with van der Waals surface area (Å²) in [6.07, 6.45) is 1.53. The molecular weight excluding hydrogens is 358 g/mol. The second-order valence-corrected chi connectivity index (χ2v) is 6.52. The van der Waals surface area contributed by atoms with Crippen molar-refractivity contribution in [1.29, 1.82) is 0 Å². The molecule has 28 heavy (non-hydrogen) atoms. The molecule has 8 nitrogen and oxygen atoms in total. The number of para-hydroxylation sites is 1. The zero-order valence-corrected chi connectivity index (χ0v) is 15.0. The lowest BCUT2D eigenvalue weighted by Crippen LogP contribution is -2.16. The second-order valence-electron chi connectivity index (χ2n) is 6.52. The number of aromatic nitrogens is 4. The van der Waals surface area contributed by atoms with E-state index in [0.29, 0.717) is 22.7 Å². The smallest absolute Gasteiger partial charge is 0.263 e. The van der Waals surface area contributed by atoms with Crippen molar-refractivity contribution in [2.75, 3.05) is 12.1 Å². The number of anilines is 1. The van der Waals surface area contributed by atoms with Gasteiger partial charge in [0.05, 0.1) is 17.9 Å². The van der Waals surface area contributed by atoms with Crippen LogP contribution in [0, 0.1) is 0 Å². The fourth-order valence-corrected chi connectivity index (χ4v) is 3.22. The van der Waals surface area contributed by atoms with Gasteiger partial charge in [0.2, 0.25) is 12.7 Å². The van der Waals surface area contributed by atoms with E-state index in [1.165, 1.54) is 6.20 Å². The lowest BCUT2D eigenvalue weighted by atomic mass is 10.1. The molecular formula is C20H17N5O3. The predicted molar refractivity (Wildman–Crippen MR) is 104 cm³/mol. The minimum Gasteiger partial charge on any atom is -0.454 e. The Kier molecular flexibility index (Phi) is 3.75. The number of ether oxygens (including phenoxy) is 2. The third-order valence-corrected chi connectivity index (χ3v) is 4.69. The van der Waals surface area contributed by atoms with Crippen molar-refractivity contribution in [3.8, 4) is 17.2 Å². The number of nitrogens with one attached hydrogen (secondary N) is 2. The summed E-state index contributed by atoms with van der Waals surface area (Å²) in [5.74, 6) is 1.82. The molecule has 0 bridgehead atoms. The van der Waals surface area contributed by atoms with Crippen molar-refractivity contribution in [3.05, 3.63) is 70.6 Å². The minimum atomic E-state index is -0.243. The van der Waals surface area contributed by atoms with Gasteiger partial charge in [-0.3, -0.25) is 9.78 Å². The third kappa shape index (κ3) is 2.75. The monoisotopic (exact) mass is 375 g/mol. The summed E-state index contributed by atoms with van der Waals surface area (Å²) < 4.78 is 12.4. The van der Waals surface area contributed by atoms with Crippen molar-refractivity contribution < 1.29 is 9.47 Å². The van der Waals surface area contributed by atoms with Crippen LogP contribution >= 0.6 is 0 Å². The number of hydrogen-bond donors (Lipinski definition) is 2. The zero-order chi connectivity index (χ0) is 19.1. The Balaban J connectivity index is 1.50. The van der Waals surface area contributed by atoms with Crippen LogP contribution in [0.25, 0.3) is 16.7 Å². The molecule has 0 spiro atoms. The van der Waals surface area contributed by atoms with E-state index >= 15 is 0 Å². The lowest BCUT2D eigenvalue weighted by molar-refractivity contribution is 0.174. The maximum atomic E-state index is 12.5. The maximum Gasteiger partial charge on any atom is 0.263 e. The van der Waals surface area contributed by atoms with Crippen LogP contribution in [0.1, 0.15) is 18.5 Å². The zero-order valence-electron chi connectivity index (χ0n) is 15.0. The summed E-state index contributed by atoms with van der Waals surface area (Å²) in [6, 6.07) is 15.2. The fraction of sp³-hybridized carbons (Fsp3) is 0.150. The highest BCUT2D eigenvalue weighted by molar-refractivity contribution is 5.76. The SMILES string of the molecule is CC(Nc1nc2c(cnn2-c2ccccc2)c(=O)[nH]1)c1ccc2c(c1)OCO2. The van der Waals surface area contributed by atoms with Crippen LogP contribution in [0.2, 0.25) is 0 Å². The standard InChI is InChI=1S/C20H17N5O3/c1-12(13-7-8-16-17(9-13)28-11-27-16)22-20-23-18-15(19(26)24-20)10-21-25(18)14-5-3-2-4-6-14/h2-10,12H,11H2,1H3,(H2,22,23,24,26). The summed E-state index contributed by atoms with van der Waals surface area (Å²) >= 11 is 0. The van der Waals surface area contributed by atoms with Crippen LogP contribution < -0.4 is 20.3 Å². The van der Waals surface area contributed by atoms with E-state index in [1.807, 2.05) is 55.5 Å². The second kappa shape index (κ2) is 6.41. The van der Waals surface area contributed by atoms with Crippen LogP contribution in [0.4, 0.5) is 5.95 Å². The van der Waals surface area contributed by atoms with Gasteiger partial charge in [0.25, 0.3) is 5.56 Å². The third-order valence-electron chi connectivity index (χ3n) is 4.69. The van der Waals surface area contributed by atoms with Crippen molar-refractivity contribution in [2.24, 2.45) is 0 Å². The first kappa shape index (κ1) is 16.4. The summed E-state index contributed by atoms with van der Waals surface area (Å²) in [7, 11) is 0. The molecule has 0 aliphatic carbocycles. The number of aromatic amines is 1. The highest BCUT2D eigenvalue weighted by Gasteiger charge is 2.17. The molecule has 2 N–H and O–H groups in total. The van der Waals surface area contributed by atoms with E-state index in [4.69, 9.17) is 9.47 Å². The summed E-state index contributed by atoms with van der Waals surface area (Å²) in [5, 5.41) is 8.00. The van der Waals surface area contributed by atoms with Gasteiger partial charge in [0, 0.05) is 0 Å². The van der Waals surface area contributed by atoms with Crippen LogP contribution in [0.5, 0.6) is 11.5 Å². The molecule has 1 unspecified atom stereocenters. The highest BCUT2D eigenvalue weighted by atomic mass is 16.7. The Bertz CT molecular complexity index is 1220. The number of benzene rings is 2. The van der Waals surface area contributed by atoms with Gasteiger partial charge < -0.3 is 14.8 Å². The molecule has 8 heteroatoms. The van der Waals surface area contributed by atoms with Crippen LogP contribution in [-0.2, 0) is 0 Å². The van der Waals surface area contributed by atoms with Crippen LogP contribution in [0.3, 0.4) is 0 Å². The number of fused-ring (bicyclic) bond motifs is 2. The fourth-order valence-electron chi connectivity index (χ4n) is 3.22. The van der Waals surface area contributed by atoms with Crippen LogP contribution in [-0.4, -0.2) is 26.5 Å². The maximum absolute atomic E-state index is 12.5. The Morgan fingerprint density at radius 1 is 1.14 bits per heavy atom. The van der Waals surface area contributed by atoms with Gasteiger partial charge in [-0.15, -0.1) is 0 Å². The first-order chi connectivity index (χ1) is 13.7. The number of rotatable bonds is 4. The van der Waals surface area contributed by atoms with Crippen molar-refractivity contribution in [2.45, 2.75) is 13.0 Å². The average Bonchev–Trinajstić information content (AvgIpc) is 3.35. The van der Waals surface area contributed by atoms with E-state index in [1.54, 1.807) is 4.68 Å². The van der Waals surface area contributed by atoms with E-state index in [9.17, 15) is 4.79 Å². The van der Waals surface area contributed by atoms with Crippen molar-refractivity contribution >= 4 is 17.0 Å². The van der Waals surface area contributed by atoms with Crippen LogP contribution in [0.15, 0.2) is 59.5 Å². The van der Waals surface area contributed by atoms with Gasteiger partial charge in [-0.1, -0.05) is 24.3 Å². The summed E-state index contributed by atoms with van der Waals surface area (Å²) in [5.41, 5.74) is 2.08. The average molecular weight is 375 g/mol. The van der Waals surface area contributed by atoms with Gasteiger partial charge in [-0.25, -0.2) is 4.68 Å². The number of nitrogens with zero attached hydrogens (tertiary/aromatic N) is 3. The van der Waals surface area contributed by atoms with E-state index in [2.05, 4.69) is 20.4 Å². The Morgan fingerprint density at radius 2 is 1.96 bits per heavy atom. The number of hydrogen-bond acceptors (Lipinski definition) is 6. The summed E-state index contributed by atoms with van der Waals surface area (Å²) in [4.78, 5) is 19.9. The molecule has 1 aliphatic rings.